The third kappa shape index (κ3) is 4.40. The van der Waals surface area contributed by atoms with Gasteiger partial charge in [-0.05, 0) is 31.4 Å². The van der Waals surface area contributed by atoms with Gasteiger partial charge in [-0.2, -0.15) is 13.2 Å². The highest BCUT2D eigenvalue weighted by molar-refractivity contribution is 5.97. The Hall–Kier alpha value is -1.79. The zero-order chi connectivity index (χ0) is 15.5. The van der Waals surface area contributed by atoms with Crippen LogP contribution >= 0.6 is 0 Å². The van der Waals surface area contributed by atoms with Gasteiger partial charge in [0.2, 0.25) is 0 Å². The van der Waals surface area contributed by atoms with Crippen LogP contribution in [-0.2, 0) is 6.18 Å². The monoisotopic (exact) mass is 289 g/mol. The lowest BCUT2D eigenvalue weighted by Crippen LogP contribution is -2.23. The molecule has 1 aromatic rings. The van der Waals surface area contributed by atoms with Gasteiger partial charge in [-0.15, -0.1) is 0 Å². The summed E-state index contributed by atoms with van der Waals surface area (Å²) >= 11 is 0. The number of pyridine rings is 1. The van der Waals surface area contributed by atoms with E-state index >= 15 is 0 Å². The summed E-state index contributed by atoms with van der Waals surface area (Å²) in [5.74, 6) is -0.578. The molecule has 0 bridgehead atoms. The molecular formula is C13H18F3N3O. The lowest BCUT2D eigenvalue weighted by atomic mass is 10.0. The van der Waals surface area contributed by atoms with Crippen molar-refractivity contribution in [2.45, 2.75) is 39.4 Å². The van der Waals surface area contributed by atoms with Gasteiger partial charge in [0.15, 0.2) is 0 Å². The number of halogens is 3. The van der Waals surface area contributed by atoms with Crippen LogP contribution in [0.25, 0.3) is 0 Å². The van der Waals surface area contributed by atoms with E-state index in [4.69, 9.17) is 5.73 Å². The normalized spacial score (nSPS) is 13.3. The van der Waals surface area contributed by atoms with E-state index in [1.165, 1.54) is 0 Å². The minimum atomic E-state index is -4.56. The van der Waals surface area contributed by atoms with E-state index < -0.39 is 17.8 Å². The molecule has 1 rings (SSSR count). The SMILES string of the molecule is CC(C)CC(C)Nc1nc(C(F)(F)F)ccc1C(N)=O. The molecule has 0 saturated carbocycles. The minimum Gasteiger partial charge on any atom is -0.367 e. The third-order valence-electron chi connectivity index (χ3n) is 2.66. The second-order valence-electron chi connectivity index (χ2n) is 5.13. The number of hydrogen-bond acceptors (Lipinski definition) is 3. The molecule has 0 aliphatic rings. The van der Waals surface area contributed by atoms with Crippen LogP contribution in [0.5, 0.6) is 0 Å². The summed E-state index contributed by atoms with van der Waals surface area (Å²) in [5.41, 5.74) is 4.05. The van der Waals surface area contributed by atoms with Crippen LogP contribution in [0, 0.1) is 5.92 Å². The zero-order valence-electron chi connectivity index (χ0n) is 11.6. The fourth-order valence-electron chi connectivity index (χ4n) is 1.93. The number of carbonyl (C=O) groups is 1. The molecule has 1 amide bonds. The number of primary amides is 1. The summed E-state index contributed by atoms with van der Waals surface area (Å²) in [6, 6.07) is 1.67. The largest absolute Gasteiger partial charge is 0.433 e. The van der Waals surface area contributed by atoms with Crippen molar-refractivity contribution in [1.29, 1.82) is 0 Å². The first-order valence-electron chi connectivity index (χ1n) is 6.25. The summed E-state index contributed by atoms with van der Waals surface area (Å²) in [7, 11) is 0. The first-order valence-corrected chi connectivity index (χ1v) is 6.25. The van der Waals surface area contributed by atoms with E-state index in [-0.39, 0.29) is 17.4 Å². The maximum absolute atomic E-state index is 12.6. The molecule has 1 heterocycles. The molecule has 1 unspecified atom stereocenters. The topological polar surface area (TPSA) is 68.0 Å². The van der Waals surface area contributed by atoms with Crippen molar-refractivity contribution in [3.05, 3.63) is 23.4 Å². The summed E-state index contributed by atoms with van der Waals surface area (Å²) in [5, 5.41) is 2.82. The summed E-state index contributed by atoms with van der Waals surface area (Å²) < 4.78 is 37.9. The van der Waals surface area contributed by atoms with Gasteiger partial charge >= 0.3 is 6.18 Å². The first-order chi connectivity index (χ1) is 9.11. The Morgan fingerprint density at radius 2 is 1.95 bits per heavy atom. The van der Waals surface area contributed by atoms with Crippen LogP contribution in [0.1, 0.15) is 43.2 Å². The van der Waals surface area contributed by atoms with Gasteiger partial charge in [-0.3, -0.25) is 4.79 Å². The number of nitrogens with one attached hydrogen (secondary N) is 1. The maximum Gasteiger partial charge on any atom is 0.433 e. The van der Waals surface area contributed by atoms with Gasteiger partial charge in [0.1, 0.15) is 11.5 Å². The summed E-state index contributed by atoms with van der Waals surface area (Å²) in [6.45, 7) is 5.80. The summed E-state index contributed by atoms with van der Waals surface area (Å²) in [4.78, 5) is 14.7. The number of alkyl halides is 3. The number of amides is 1. The first kappa shape index (κ1) is 16.3. The van der Waals surface area contributed by atoms with E-state index in [1.54, 1.807) is 0 Å². The molecule has 20 heavy (non-hydrogen) atoms. The molecule has 4 nitrogen and oxygen atoms in total. The fraction of sp³-hybridized carbons (Fsp3) is 0.538. The molecule has 7 heteroatoms. The average molecular weight is 289 g/mol. The highest BCUT2D eigenvalue weighted by Gasteiger charge is 2.33. The van der Waals surface area contributed by atoms with Crippen LogP contribution in [0.4, 0.5) is 19.0 Å². The predicted molar refractivity (Wildman–Crippen MR) is 70.3 cm³/mol. The van der Waals surface area contributed by atoms with Crippen molar-refractivity contribution < 1.29 is 18.0 Å². The number of nitrogens with zero attached hydrogens (tertiary/aromatic N) is 1. The van der Waals surface area contributed by atoms with Crippen molar-refractivity contribution in [1.82, 2.24) is 4.98 Å². The molecular weight excluding hydrogens is 271 g/mol. The Morgan fingerprint density at radius 1 is 1.35 bits per heavy atom. The smallest absolute Gasteiger partial charge is 0.367 e. The fourth-order valence-corrected chi connectivity index (χ4v) is 1.93. The highest BCUT2D eigenvalue weighted by atomic mass is 19.4. The van der Waals surface area contributed by atoms with Crippen LogP contribution in [0.3, 0.4) is 0 Å². The van der Waals surface area contributed by atoms with Crippen molar-refractivity contribution in [3.63, 3.8) is 0 Å². The second-order valence-corrected chi connectivity index (χ2v) is 5.13. The van der Waals surface area contributed by atoms with E-state index in [0.717, 1.165) is 18.6 Å². The molecule has 0 aromatic carbocycles. The van der Waals surface area contributed by atoms with Crippen molar-refractivity contribution >= 4 is 11.7 Å². The Kier molecular flexibility index (Phi) is 4.97. The maximum atomic E-state index is 12.6. The zero-order valence-corrected chi connectivity index (χ0v) is 11.6. The predicted octanol–water partition coefficient (Wildman–Crippen LogP) is 3.05. The molecule has 1 aromatic heterocycles. The number of carbonyl (C=O) groups excluding carboxylic acids is 1. The number of nitrogens with two attached hydrogens (primary N) is 1. The second kappa shape index (κ2) is 6.11. The van der Waals surface area contributed by atoms with E-state index in [2.05, 4.69) is 10.3 Å². The van der Waals surface area contributed by atoms with Gasteiger partial charge in [-0.1, -0.05) is 13.8 Å². The molecule has 0 saturated heterocycles. The van der Waals surface area contributed by atoms with Crippen LogP contribution in [-0.4, -0.2) is 16.9 Å². The van der Waals surface area contributed by atoms with Crippen molar-refractivity contribution in [2.75, 3.05) is 5.32 Å². The number of rotatable bonds is 5. The van der Waals surface area contributed by atoms with Gasteiger partial charge < -0.3 is 11.1 Å². The van der Waals surface area contributed by atoms with Gasteiger partial charge in [0.05, 0.1) is 5.56 Å². The van der Waals surface area contributed by atoms with Gasteiger partial charge in [0.25, 0.3) is 5.91 Å². The molecule has 1 atom stereocenters. The lowest BCUT2D eigenvalue weighted by molar-refractivity contribution is -0.141. The highest BCUT2D eigenvalue weighted by Crippen LogP contribution is 2.29. The Labute approximate surface area is 115 Å². The standard InChI is InChI=1S/C13H18F3N3O/c1-7(2)6-8(3)18-12-9(11(17)20)4-5-10(19-12)13(14,15)16/h4-5,7-8H,6H2,1-3H3,(H2,17,20)(H,18,19). The van der Waals surface area contributed by atoms with Crippen LogP contribution < -0.4 is 11.1 Å². The molecule has 0 fully saturated rings. The number of anilines is 1. The molecule has 112 valence electrons. The minimum absolute atomic E-state index is 0.0476. The Morgan fingerprint density at radius 3 is 2.40 bits per heavy atom. The molecule has 0 aliphatic heterocycles. The Bertz CT molecular complexity index is 486. The molecule has 3 N–H and O–H groups in total. The summed E-state index contributed by atoms with van der Waals surface area (Å²) in [6.07, 6.45) is -3.83. The molecule has 0 spiro atoms. The molecule has 0 aliphatic carbocycles. The van der Waals surface area contributed by atoms with Crippen LogP contribution in [0.15, 0.2) is 12.1 Å². The van der Waals surface area contributed by atoms with Gasteiger partial charge in [0, 0.05) is 6.04 Å². The van der Waals surface area contributed by atoms with E-state index in [9.17, 15) is 18.0 Å². The number of aromatic nitrogens is 1. The lowest BCUT2D eigenvalue weighted by Gasteiger charge is -2.19. The van der Waals surface area contributed by atoms with Gasteiger partial charge in [-0.25, -0.2) is 4.98 Å². The number of hydrogen-bond donors (Lipinski definition) is 2. The Balaban J connectivity index is 3.09. The third-order valence-corrected chi connectivity index (χ3v) is 2.66. The van der Waals surface area contributed by atoms with Crippen LogP contribution in [0.2, 0.25) is 0 Å². The van der Waals surface area contributed by atoms with Crippen molar-refractivity contribution in [3.8, 4) is 0 Å². The molecule has 0 radical (unpaired) electrons. The quantitative estimate of drug-likeness (QED) is 0.875. The van der Waals surface area contributed by atoms with E-state index in [1.807, 2.05) is 20.8 Å². The average Bonchev–Trinajstić information content (AvgIpc) is 2.25. The van der Waals surface area contributed by atoms with E-state index in [0.29, 0.717) is 5.92 Å². The van der Waals surface area contributed by atoms with Crippen molar-refractivity contribution in [2.24, 2.45) is 11.7 Å².